The van der Waals surface area contributed by atoms with Gasteiger partial charge in [0, 0.05) is 32.8 Å². The molecule has 0 aromatic rings. The van der Waals surface area contributed by atoms with E-state index in [0.717, 1.165) is 58.5 Å². The summed E-state index contributed by atoms with van der Waals surface area (Å²) in [6.45, 7) is 6.55. The van der Waals surface area contributed by atoms with Gasteiger partial charge in [0.15, 0.2) is 0 Å². The zero-order valence-corrected chi connectivity index (χ0v) is 11.1. The maximum absolute atomic E-state index is 12.2. The number of amides is 1. The highest BCUT2D eigenvalue weighted by atomic mass is 16.3. The minimum Gasteiger partial charge on any atom is -0.396 e. The van der Waals surface area contributed by atoms with E-state index in [0.29, 0.717) is 12.5 Å². The molecule has 0 aromatic heterocycles. The lowest BCUT2D eigenvalue weighted by molar-refractivity contribution is -0.131. The molecule has 2 fully saturated rings. The molecule has 1 unspecified atom stereocenters. The molecule has 104 valence electrons. The Morgan fingerprint density at radius 2 is 2.17 bits per heavy atom. The fourth-order valence-electron chi connectivity index (χ4n) is 2.83. The van der Waals surface area contributed by atoms with Gasteiger partial charge in [0.05, 0.1) is 6.54 Å². The number of hydrogen-bond acceptors (Lipinski definition) is 4. The van der Waals surface area contributed by atoms with Crippen LogP contribution in [-0.4, -0.2) is 73.2 Å². The SMILES string of the molecule is O=C(CN1CCCNCC1)N1CCC(CCO)C1. The van der Waals surface area contributed by atoms with Crippen molar-refractivity contribution < 1.29 is 9.90 Å². The topological polar surface area (TPSA) is 55.8 Å². The second-order valence-electron chi connectivity index (χ2n) is 5.39. The number of likely N-dealkylation sites (tertiary alicyclic amines) is 1. The number of hydrogen-bond donors (Lipinski definition) is 2. The Bertz CT molecular complexity index is 265. The fraction of sp³-hybridized carbons (Fsp3) is 0.923. The molecule has 0 spiro atoms. The molecule has 0 aromatic carbocycles. The summed E-state index contributed by atoms with van der Waals surface area (Å²) in [5, 5.41) is 12.3. The van der Waals surface area contributed by atoms with Gasteiger partial charge in [0.2, 0.25) is 5.91 Å². The van der Waals surface area contributed by atoms with Crippen LogP contribution in [0.15, 0.2) is 0 Å². The normalized spacial score (nSPS) is 26.3. The van der Waals surface area contributed by atoms with Crippen molar-refractivity contribution in [2.24, 2.45) is 5.92 Å². The van der Waals surface area contributed by atoms with E-state index in [1.807, 2.05) is 4.90 Å². The molecule has 18 heavy (non-hydrogen) atoms. The minimum atomic E-state index is 0.241. The predicted octanol–water partition coefficient (Wildman–Crippen LogP) is -0.487. The monoisotopic (exact) mass is 255 g/mol. The van der Waals surface area contributed by atoms with Crippen LogP contribution in [0, 0.1) is 5.92 Å². The Morgan fingerprint density at radius 1 is 1.28 bits per heavy atom. The van der Waals surface area contributed by atoms with Gasteiger partial charge in [0.1, 0.15) is 0 Å². The van der Waals surface area contributed by atoms with Gasteiger partial charge in [-0.25, -0.2) is 0 Å². The number of rotatable bonds is 4. The Kier molecular flexibility index (Phi) is 5.41. The summed E-state index contributed by atoms with van der Waals surface area (Å²) in [4.78, 5) is 16.4. The lowest BCUT2D eigenvalue weighted by Crippen LogP contribution is -2.40. The Balaban J connectivity index is 1.74. The molecule has 1 atom stereocenters. The minimum absolute atomic E-state index is 0.241. The van der Waals surface area contributed by atoms with Crippen molar-refractivity contribution in [3.8, 4) is 0 Å². The highest BCUT2D eigenvalue weighted by molar-refractivity contribution is 5.78. The van der Waals surface area contributed by atoms with Crippen molar-refractivity contribution in [3.05, 3.63) is 0 Å². The quantitative estimate of drug-likeness (QED) is 0.712. The van der Waals surface area contributed by atoms with Crippen molar-refractivity contribution in [2.75, 3.05) is 52.4 Å². The molecule has 0 radical (unpaired) electrons. The lowest BCUT2D eigenvalue weighted by Gasteiger charge is -2.23. The number of nitrogens with zero attached hydrogens (tertiary/aromatic N) is 2. The van der Waals surface area contributed by atoms with E-state index in [1.54, 1.807) is 0 Å². The molecular formula is C13H25N3O2. The van der Waals surface area contributed by atoms with Gasteiger partial charge in [-0.15, -0.1) is 0 Å². The standard InChI is InChI=1S/C13H25N3O2/c17-9-3-12-2-7-16(10-12)13(18)11-15-6-1-4-14-5-8-15/h12,14,17H,1-11H2. The van der Waals surface area contributed by atoms with E-state index < -0.39 is 0 Å². The van der Waals surface area contributed by atoms with Crippen molar-refractivity contribution in [1.82, 2.24) is 15.1 Å². The first-order valence-electron chi connectivity index (χ1n) is 7.11. The average Bonchev–Trinajstić information content (AvgIpc) is 2.67. The predicted molar refractivity (Wildman–Crippen MR) is 70.3 cm³/mol. The van der Waals surface area contributed by atoms with Crippen LogP contribution in [0.5, 0.6) is 0 Å². The van der Waals surface area contributed by atoms with Gasteiger partial charge in [-0.05, 0) is 38.3 Å². The zero-order valence-electron chi connectivity index (χ0n) is 11.1. The Hall–Kier alpha value is -0.650. The smallest absolute Gasteiger partial charge is 0.236 e. The summed E-state index contributed by atoms with van der Waals surface area (Å²) in [6, 6.07) is 0. The number of nitrogens with one attached hydrogen (secondary N) is 1. The van der Waals surface area contributed by atoms with Gasteiger partial charge in [0.25, 0.3) is 0 Å². The molecule has 5 nitrogen and oxygen atoms in total. The first-order chi connectivity index (χ1) is 8.79. The largest absolute Gasteiger partial charge is 0.396 e. The number of aliphatic hydroxyl groups excluding tert-OH is 1. The molecule has 2 saturated heterocycles. The average molecular weight is 255 g/mol. The molecule has 2 N–H and O–H groups in total. The van der Waals surface area contributed by atoms with Crippen LogP contribution in [0.2, 0.25) is 0 Å². The highest BCUT2D eigenvalue weighted by Crippen LogP contribution is 2.19. The van der Waals surface area contributed by atoms with Gasteiger partial charge in [-0.3, -0.25) is 9.69 Å². The van der Waals surface area contributed by atoms with Crippen LogP contribution in [0.4, 0.5) is 0 Å². The van der Waals surface area contributed by atoms with Crippen molar-refractivity contribution in [1.29, 1.82) is 0 Å². The molecule has 2 heterocycles. The third kappa shape index (κ3) is 3.93. The van der Waals surface area contributed by atoms with Gasteiger partial charge >= 0.3 is 0 Å². The third-order valence-electron chi connectivity index (χ3n) is 3.97. The molecule has 0 aliphatic carbocycles. The third-order valence-corrected chi connectivity index (χ3v) is 3.97. The van der Waals surface area contributed by atoms with Crippen LogP contribution in [0.3, 0.4) is 0 Å². The molecule has 0 saturated carbocycles. The van der Waals surface area contributed by atoms with E-state index in [9.17, 15) is 4.79 Å². The van der Waals surface area contributed by atoms with Crippen molar-refractivity contribution in [2.45, 2.75) is 19.3 Å². The Labute approximate surface area is 109 Å². The molecule has 2 aliphatic rings. The van der Waals surface area contributed by atoms with E-state index >= 15 is 0 Å². The maximum atomic E-state index is 12.2. The molecule has 0 bridgehead atoms. The molecule has 1 amide bonds. The number of carbonyl (C=O) groups excluding carboxylic acids is 1. The van der Waals surface area contributed by atoms with Crippen LogP contribution in [-0.2, 0) is 4.79 Å². The second-order valence-corrected chi connectivity index (χ2v) is 5.39. The maximum Gasteiger partial charge on any atom is 0.236 e. The summed E-state index contributed by atoms with van der Waals surface area (Å²) in [6.07, 6.45) is 3.01. The number of aliphatic hydroxyl groups is 1. The highest BCUT2D eigenvalue weighted by Gasteiger charge is 2.26. The molecule has 2 aliphatic heterocycles. The fourth-order valence-corrected chi connectivity index (χ4v) is 2.83. The van der Waals surface area contributed by atoms with E-state index in [4.69, 9.17) is 5.11 Å². The summed E-state index contributed by atoms with van der Waals surface area (Å²) < 4.78 is 0. The van der Waals surface area contributed by atoms with Gasteiger partial charge in [-0.1, -0.05) is 0 Å². The molecular weight excluding hydrogens is 230 g/mol. The molecule has 5 heteroatoms. The van der Waals surface area contributed by atoms with E-state index in [2.05, 4.69) is 10.2 Å². The summed E-state index contributed by atoms with van der Waals surface area (Å²) in [7, 11) is 0. The Morgan fingerprint density at radius 3 is 3.00 bits per heavy atom. The van der Waals surface area contributed by atoms with Gasteiger partial charge in [-0.2, -0.15) is 0 Å². The lowest BCUT2D eigenvalue weighted by atomic mass is 10.1. The van der Waals surface area contributed by atoms with Crippen LogP contribution in [0.25, 0.3) is 0 Å². The second kappa shape index (κ2) is 7.07. The summed E-state index contributed by atoms with van der Waals surface area (Å²) in [5.74, 6) is 0.766. The summed E-state index contributed by atoms with van der Waals surface area (Å²) in [5.41, 5.74) is 0. The number of carbonyl (C=O) groups is 1. The van der Waals surface area contributed by atoms with Crippen LogP contribution < -0.4 is 5.32 Å². The van der Waals surface area contributed by atoms with Crippen molar-refractivity contribution in [3.63, 3.8) is 0 Å². The first kappa shape index (κ1) is 13.8. The van der Waals surface area contributed by atoms with Crippen LogP contribution >= 0.6 is 0 Å². The zero-order chi connectivity index (χ0) is 12.8. The first-order valence-corrected chi connectivity index (χ1v) is 7.11. The summed E-state index contributed by atoms with van der Waals surface area (Å²) >= 11 is 0. The van der Waals surface area contributed by atoms with Gasteiger partial charge < -0.3 is 15.3 Å². The van der Waals surface area contributed by atoms with E-state index in [-0.39, 0.29) is 12.5 Å². The van der Waals surface area contributed by atoms with Crippen molar-refractivity contribution >= 4 is 5.91 Å². The molecule has 2 rings (SSSR count). The van der Waals surface area contributed by atoms with Crippen LogP contribution in [0.1, 0.15) is 19.3 Å². The van der Waals surface area contributed by atoms with E-state index in [1.165, 1.54) is 0 Å².